The second-order valence-corrected chi connectivity index (χ2v) is 4.06. The van der Waals surface area contributed by atoms with E-state index in [0.29, 0.717) is 11.1 Å². The van der Waals surface area contributed by atoms with Crippen molar-refractivity contribution in [1.82, 2.24) is 5.32 Å². The fourth-order valence-corrected chi connectivity index (χ4v) is 1.99. The van der Waals surface area contributed by atoms with Crippen LogP contribution < -0.4 is 5.32 Å². The van der Waals surface area contributed by atoms with Crippen LogP contribution in [-0.2, 0) is 10.2 Å². The maximum atomic E-state index is 11.7. The molecule has 0 aromatic heterocycles. The van der Waals surface area contributed by atoms with Crippen molar-refractivity contribution in [2.45, 2.75) is 12.3 Å². The van der Waals surface area contributed by atoms with Gasteiger partial charge in [0.2, 0.25) is 5.91 Å². The SMILES string of the molecule is CC1(CCl)C(=O)NC(=O)c2ccccc21. The molecule has 2 rings (SSSR count). The zero-order chi connectivity index (χ0) is 11.1. The van der Waals surface area contributed by atoms with Crippen molar-refractivity contribution in [2.24, 2.45) is 0 Å². The molecule has 1 aliphatic rings. The van der Waals surface area contributed by atoms with E-state index in [9.17, 15) is 9.59 Å². The lowest BCUT2D eigenvalue weighted by atomic mass is 9.78. The van der Waals surface area contributed by atoms with Crippen LogP contribution in [0.2, 0.25) is 0 Å². The summed E-state index contributed by atoms with van der Waals surface area (Å²) in [6.07, 6.45) is 0. The minimum absolute atomic E-state index is 0.156. The fourth-order valence-electron chi connectivity index (χ4n) is 1.73. The molecule has 4 heteroatoms. The Morgan fingerprint density at radius 1 is 1.33 bits per heavy atom. The van der Waals surface area contributed by atoms with Gasteiger partial charge in [-0.2, -0.15) is 0 Å². The number of carbonyl (C=O) groups is 2. The lowest BCUT2D eigenvalue weighted by Crippen LogP contribution is -2.51. The smallest absolute Gasteiger partial charge is 0.258 e. The number of benzene rings is 1. The molecule has 0 spiro atoms. The Bertz CT molecular complexity index is 444. The molecule has 0 aliphatic carbocycles. The van der Waals surface area contributed by atoms with Crippen molar-refractivity contribution in [3.05, 3.63) is 35.4 Å². The molecule has 0 saturated heterocycles. The summed E-state index contributed by atoms with van der Waals surface area (Å²) in [5.41, 5.74) is 0.417. The molecule has 0 fully saturated rings. The van der Waals surface area contributed by atoms with Gasteiger partial charge >= 0.3 is 0 Å². The van der Waals surface area contributed by atoms with Crippen molar-refractivity contribution in [1.29, 1.82) is 0 Å². The van der Waals surface area contributed by atoms with E-state index in [4.69, 9.17) is 11.6 Å². The normalized spacial score (nSPS) is 24.7. The topological polar surface area (TPSA) is 46.2 Å². The first-order valence-corrected chi connectivity index (χ1v) is 5.14. The highest BCUT2D eigenvalue weighted by Crippen LogP contribution is 2.31. The summed E-state index contributed by atoms with van der Waals surface area (Å²) in [6, 6.07) is 7.04. The quantitative estimate of drug-likeness (QED) is 0.579. The van der Waals surface area contributed by atoms with Crippen LogP contribution in [0.1, 0.15) is 22.8 Å². The van der Waals surface area contributed by atoms with E-state index in [1.807, 2.05) is 0 Å². The highest BCUT2D eigenvalue weighted by Gasteiger charge is 2.41. The first kappa shape index (κ1) is 10.2. The number of imide groups is 1. The first-order chi connectivity index (χ1) is 7.09. The highest BCUT2D eigenvalue weighted by molar-refractivity contribution is 6.23. The molecule has 1 atom stereocenters. The minimum atomic E-state index is -0.813. The molecule has 1 heterocycles. The lowest BCUT2D eigenvalue weighted by molar-refractivity contribution is -0.124. The monoisotopic (exact) mass is 223 g/mol. The summed E-state index contributed by atoms with van der Waals surface area (Å²) in [6.45, 7) is 1.74. The molecule has 1 aromatic rings. The van der Waals surface area contributed by atoms with Crippen molar-refractivity contribution >= 4 is 23.4 Å². The Balaban J connectivity index is 2.67. The molecule has 1 unspecified atom stereocenters. The maximum Gasteiger partial charge on any atom is 0.258 e. The lowest BCUT2D eigenvalue weighted by Gasteiger charge is -2.31. The molecule has 15 heavy (non-hydrogen) atoms. The molecular formula is C11H10ClNO2. The van der Waals surface area contributed by atoms with Crippen molar-refractivity contribution < 1.29 is 9.59 Å². The van der Waals surface area contributed by atoms with Crippen LogP contribution in [0.3, 0.4) is 0 Å². The molecule has 1 aliphatic heterocycles. The number of amides is 2. The van der Waals surface area contributed by atoms with Gasteiger partial charge in [0, 0.05) is 11.4 Å². The number of nitrogens with one attached hydrogen (secondary N) is 1. The predicted octanol–water partition coefficient (Wildman–Crippen LogP) is 1.45. The number of rotatable bonds is 1. The van der Waals surface area contributed by atoms with Gasteiger partial charge in [0.15, 0.2) is 0 Å². The number of hydrogen-bond donors (Lipinski definition) is 1. The van der Waals surface area contributed by atoms with Gasteiger partial charge in [-0.05, 0) is 18.6 Å². The van der Waals surface area contributed by atoms with E-state index in [1.54, 1.807) is 31.2 Å². The maximum absolute atomic E-state index is 11.7. The van der Waals surface area contributed by atoms with Crippen LogP contribution in [-0.4, -0.2) is 17.7 Å². The number of carbonyl (C=O) groups excluding carboxylic acids is 2. The number of alkyl halides is 1. The molecule has 78 valence electrons. The van der Waals surface area contributed by atoms with E-state index in [-0.39, 0.29) is 17.7 Å². The summed E-state index contributed by atoms with van der Waals surface area (Å²) in [4.78, 5) is 23.2. The second-order valence-electron chi connectivity index (χ2n) is 3.79. The zero-order valence-electron chi connectivity index (χ0n) is 8.21. The van der Waals surface area contributed by atoms with Crippen LogP contribution in [0.25, 0.3) is 0 Å². The van der Waals surface area contributed by atoms with Crippen molar-refractivity contribution in [3.63, 3.8) is 0 Å². The molecular weight excluding hydrogens is 214 g/mol. The van der Waals surface area contributed by atoms with E-state index < -0.39 is 5.41 Å². The molecule has 1 aromatic carbocycles. The van der Waals surface area contributed by atoms with Crippen LogP contribution in [0.5, 0.6) is 0 Å². The Labute approximate surface area is 92.4 Å². The third kappa shape index (κ3) is 1.35. The number of hydrogen-bond acceptors (Lipinski definition) is 2. The van der Waals surface area contributed by atoms with Gasteiger partial charge < -0.3 is 0 Å². The minimum Gasteiger partial charge on any atom is -0.291 e. The van der Waals surface area contributed by atoms with Gasteiger partial charge in [-0.15, -0.1) is 11.6 Å². The van der Waals surface area contributed by atoms with Gasteiger partial charge in [0.05, 0.1) is 5.41 Å². The van der Waals surface area contributed by atoms with E-state index in [1.165, 1.54) is 0 Å². The Morgan fingerprint density at radius 3 is 2.67 bits per heavy atom. The molecule has 2 amide bonds. The van der Waals surface area contributed by atoms with E-state index >= 15 is 0 Å². The van der Waals surface area contributed by atoms with E-state index in [2.05, 4.69) is 5.32 Å². The summed E-state index contributed by atoms with van der Waals surface area (Å²) < 4.78 is 0. The predicted molar refractivity (Wildman–Crippen MR) is 57.0 cm³/mol. The molecule has 0 bridgehead atoms. The highest BCUT2D eigenvalue weighted by atomic mass is 35.5. The van der Waals surface area contributed by atoms with Crippen molar-refractivity contribution in [3.8, 4) is 0 Å². The van der Waals surface area contributed by atoms with Gasteiger partial charge in [0.25, 0.3) is 5.91 Å². The van der Waals surface area contributed by atoms with Crippen LogP contribution >= 0.6 is 11.6 Å². The van der Waals surface area contributed by atoms with Gasteiger partial charge in [-0.25, -0.2) is 0 Å². The van der Waals surface area contributed by atoms with Gasteiger partial charge in [0.1, 0.15) is 0 Å². The second kappa shape index (κ2) is 3.35. The fraction of sp³-hybridized carbons (Fsp3) is 0.273. The third-order valence-corrected chi connectivity index (χ3v) is 3.30. The standard InChI is InChI=1S/C11H10ClNO2/c1-11(6-12)8-5-3-2-4-7(8)9(14)13-10(11)15/h2-5H,6H2,1H3,(H,13,14,15). The summed E-state index contributed by atoms with van der Waals surface area (Å²) >= 11 is 5.82. The van der Waals surface area contributed by atoms with Gasteiger partial charge in [-0.1, -0.05) is 18.2 Å². The Morgan fingerprint density at radius 2 is 2.00 bits per heavy atom. The molecule has 3 nitrogen and oxygen atoms in total. The van der Waals surface area contributed by atoms with Crippen LogP contribution in [0.4, 0.5) is 0 Å². The molecule has 0 radical (unpaired) electrons. The largest absolute Gasteiger partial charge is 0.291 e. The van der Waals surface area contributed by atoms with Crippen LogP contribution in [0, 0.1) is 0 Å². The average Bonchev–Trinajstić information content (AvgIpc) is 2.26. The number of halogens is 1. The summed E-state index contributed by atoms with van der Waals surface area (Å²) in [5, 5.41) is 2.31. The zero-order valence-corrected chi connectivity index (χ0v) is 8.97. The molecule has 0 saturated carbocycles. The van der Waals surface area contributed by atoms with Crippen LogP contribution in [0.15, 0.2) is 24.3 Å². The number of fused-ring (bicyclic) bond motifs is 1. The summed E-state index contributed by atoms with van der Waals surface area (Å²) in [5.74, 6) is -0.525. The van der Waals surface area contributed by atoms with E-state index in [0.717, 1.165) is 0 Å². The van der Waals surface area contributed by atoms with Gasteiger partial charge in [-0.3, -0.25) is 14.9 Å². The molecule has 1 N–H and O–H groups in total. The average molecular weight is 224 g/mol. The first-order valence-electron chi connectivity index (χ1n) is 4.61. The Kier molecular flexibility index (Phi) is 2.27. The Hall–Kier alpha value is -1.35. The summed E-state index contributed by atoms with van der Waals surface area (Å²) in [7, 11) is 0. The van der Waals surface area contributed by atoms with Crippen molar-refractivity contribution in [2.75, 3.05) is 5.88 Å². The third-order valence-electron chi connectivity index (χ3n) is 2.76.